The average molecular weight is 586 g/mol. The van der Waals surface area contributed by atoms with Gasteiger partial charge in [-0.05, 0) is 109 Å². The zero-order valence-electron chi connectivity index (χ0n) is 28.6. The molecular weight excluding hydrogens is 522 g/mol. The van der Waals surface area contributed by atoms with Gasteiger partial charge >= 0.3 is 5.97 Å². The molecule has 3 unspecified atom stereocenters. The van der Waals surface area contributed by atoms with Gasteiger partial charge in [-0.2, -0.15) is 0 Å². The Labute approximate surface area is 257 Å². The van der Waals surface area contributed by atoms with E-state index < -0.39 is 6.10 Å². The highest BCUT2D eigenvalue weighted by Gasteiger charge is 2.69. The smallest absolute Gasteiger partial charge is 0.312 e. The molecule has 0 aromatic heterocycles. The molecule has 5 heteroatoms. The van der Waals surface area contributed by atoms with Gasteiger partial charge in [0.05, 0.1) is 31.3 Å². The van der Waals surface area contributed by atoms with Crippen LogP contribution in [0.4, 0.5) is 0 Å². The molecule has 0 aliphatic heterocycles. The Morgan fingerprint density at radius 1 is 1.00 bits per heavy atom. The first-order valence-electron chi connectivity index (χ1n) is 17.4. The summed E-state index contributed by atoms with van der Waals surface area (Å²) in [6.07, 6.45) is 12.4. The van der Waals surface area contributed by atoms with Crippen LogP contribution < -0.4 is 5.32 Å². The number of rotatable bonds is 7. The first kappa shape index (κ1) is 32.5. The predicted molar refractivity (Wildman–Crippen MR) is 170 cm³/mol. The molecule has 0 aromatic rings. The third kappa shape index (κ3) is 4.68. The van der Waals surface area contributed by atoms with Crippen molar-refractivity contribution in [2.75, 3.05) is 20.3 Å². The quantitative estimate of drug-likeness (QED) is 0.238. The van der Waals surface area contributed by atoms with Crippen molar-refractivity contribution in [1.82, 2.24) is 5.32 Å². The maximum absolute atomic E-state index is 13.5. The molecule has 0 saturated heterocycles. The summed E-state index contributed by atoms with van der Waals surface area (Å²) in [6, 6.07) is 0.362. The second-order valence-electron chi connectivity index (χ2n) is 17.2. The summed E-state index contributed by atoms with van der Waals surface area (Å²) < 4.78 is 12.1. The first-order chi connectivity index (χ1) is 19.6. The number of allylic oxidation sites excluding steroid dienone is 2. The molecule has 0 heterocycles. The predicted octanol–water partition coefficient (Wildman–Crippen LogP) is 7.56. The van der Waals surface area contributed by atoms with E-state index in [1.54, 1.807) is 12.7 Å². The minimum atomic E-state index is -0.471. The van der Waals surface area contributed by atoms with Crippen LogP contribution in [0.25, 0.3) is 0 Å². The molecule has 5 aliphatic carbocycles. The Bertz CT molecular complexity index is 1050. The van der Waals surface area contributed by atoms with Gasteiger partial charge in [-0.1, -0.05) is 74.0 Å². The Kier molecular flexibility index (Phi) is 8.63. The van der Waals surface area contributed by atoms with Gasteiger partial charge in [-0.25, -0.2) is 0 Å². The molecule has 4 fully saturated rings. The van der Waals surface area contributed by atoms with Crippen LogP contribution in [0.15, 0.2) is 11.6 Å². The number of nitrogens with one attached hydrogen (secondary N) is 1. The Morgan fingerprint density at radius 3 is 2.38 bits per heavy atom. The molecule has 42 heavy (non-hydrogen) atoms. The fraction of sp³-hybridized carbons (Fsp3) is 0.919. The number of aliphatic hydroxyl groups excluding tert-OH is 1. The van der Waals surface area contributed by atoms with Crippen LogP contribution in [0.2, 0.25) is 0 Å². The van der Waals surface area contributed by atoms with Crippen LogP contribution in [0.5, 0.6) is 0 Å². The summed E-state index contributed by atoms with van der Waals surface area (Å²) in [5, 5.41) is 13.9. The number of methoxy groups -OCH3 is 1. The molecule has 5 nitrogen and oxygen atoms in total. The normalized spacial score (nSPS) is 46.9. The number of carbonyl (C=O) groups is 1. The molecule has 11 atom stereocenters. The summed E-state index contributed by atoms with van der Waals surface area (Å²) >= 11 is 0. The van der Waals surface area contributed by atoms with Crippen LogP contribution in [0.1, 0.15) is 120 Å². The highest BCUT2D eigenvalue weighted by molar-refractivity contribution is 5.78. The largest absolute Gasteiger partial charge is 0.469 e. The molecule has 0 amide bonds. The van der Waals surface area contributed by atoms with E-state index in [0.717, 1.165) is 38.5 Å². The average Bonchev–Trinajstić information content (AvgIpc) is 2.93. The molecule has 4 saturated carbocycles. The number of esters is 1. The van der Waals surface area contributed by atoms with Gasteiger partial charge in [0.1, 0.15) is 0 Å². The van der Waals surface area contributed by atoms with E-state index >= 15 is 0 Å². The lowest BCUT2D eigenvalue weighted by atomic mass is 9.33. The van der Waals surface area contributed by atoms with Gasteiger partial charge < -0.3 is 19.9 Å². The summed E-state index contributed by atoms with van der Waals surface area (Å²) in [4.78, 5) is 13.5. The maximum atomic E-state index is 13.5. The first-order valence-corrected chi connectivity index (χ1v) is 17.4. The van der Waals surface area contributed by atoms with Crippen molar-refractivity contribution in [3.05, 3.63) is 11.6 Å². The number of ether oxygens (including phenoxy) is 2. The molecule has 2 N–H and O–H groups in total. The van der Waals surface area contributed by atoms with Crippen molar-refractivity contribution in [2.24, 2.45) is 56.7 Å². The lowest BCUT2D eigenvalue weighted by Gasteiger charge is -2.71. The highest BCUT2D eigenvalue weighted by Crippen LogP contribution is 2.76. The van der Waals surface area contributed by atoms with Crippen LogP contribution in [0.3, 0.4) is 0 Å². The van der Waals surface area contributed by atoms with Crippen molar-refractivity contribution < 1.29 is 19.4 Å². The van der Waals surface area contributed by atoms with Crippen LogP contribution in [-0.2, 0) is 14.3 Å². The van der Waals surface area contributed by atoms with E-state index in [-0.39, 0.29) is 39.1 Å². The van der Waals surface area contributed by atoms with E-state index in [4.69, 9.17) is 9.47 Å². The van der Waals surface area contributed by atoms with Gasteiger partial charge in [0, 0.05) is 12.6 Å². The molecule has 5 rings (SSSR count). The van der Waals surface area contributed by atoms with E-state index in [9.17, 15) is 9.90 Å². The summed E-state index contributed by atoms with van der Waals surface area (Å²) in [7, 11) is 1.60. The van der Waals surface area contributed by atoms with Crippen molar-refractivity contribution in [3.8, 4) is 0 Å². The molecular formula is C37H63NO4. The number of hydrogen-bond acceptors (Lipinski definition) is 5. The third-order valence-corrected chi connectivity index (χ3v) is 14.8. The third-order valence-electron chi connectivity index (χ3n) is 14.8. The van der Waals surface area contributed by atoms with Crippen molar-refractivity contribution >= 4 is 5.97 Å². The topological polar surface area (TPSA) is 67.8 Å². The van der Waals surface area contributed by atoms with Gasteiger partial charge in [0.15, 0.2) is 0 Å². The lowest BCUT2D eigenvalue weighted by molar-refractivity contribution is -0.216. The van der Waals surface area contributed by atoms with Gasteiger partial charge in [0.2, 0.25) is 0 Å². The minimum absolute atomic E-state index is 0.0438. The molecule has 0 spiro atoms. The van der Waals surface area contributed by atoms with Gasteiger partial charge in [-0.15, -0.1) is 0 Å². The zero-order chi connectivity index (χ0) is 30.9. The van der Waals surface area contributed by atoms with Gasteiger partial charge in [0.25, 0.3) is 0 Å². The Balaban J connectivity index is 1.43. The van der Waals surface area contributed by atoms with Crippen molar-refractivity contribution in [2.45, 2.75) is 138 Å². The Morgan fingerprint density at radius 2 is 1.71 bits per heavy atom. The number of hydrogen-bond donors (Lipinski definition) is 2. The number of carbonyl (C=O) groups excluding carboxylic acids is 1. The van der Waals surface area contributed by atoms with Crippen molar-refractivity contribution in [1.29, 1.82) is 0 Å². The standard InChI is InChI=1S/C37H63NO4/c1-23(2)38-21-26(39)22-42-30-15-16-34(7)28(33(30,5)6)14-17-36(9)29(34)12-11-27-31-25(4)24(3)13-18-37(31,32(40)41-10)20-19-35(27,36)8/h11,23-26,28-31,38-39H,12-22H2,1-10H3/t24-,25+,26?,28?,29?,30+,31+,34+,35-,36-,37+/m1/s1. The number of aliphatic hydroxyl groups is 1. The summed E-state index contributed by atoms with van der Waals surface area (Å²) in [5.74, 6) is 2.69. The van der Waals surface area contributed by atoms with Gasteiger partial charge in [-0.3, -0.25) is 4.79 Å². The van der Waals surface area contributed by atoms with Crippen LogP contribution in [0, 0.1) is 56.7 Å². The van der Waals surface area contributed by atoms with Crippen molar-refractivity contribution in [3.63, 3.8) is 0 Å². The zero-order valence-corrected chi connectivity index (χ0v) is 28.6. The second-order valence-corrected chi connectivity index (χ2v) is 17.2. The molecule has 0 bridgehead atoms. The summed E-state index contributed by atoms with van der Waals surface area (Å²) in [6.45, 7) is 22.8. The molecule has 240 valence electrons. The number of fused-ring (bicyclic) bond motifs is 7. The van der Waals surface area contributed by atoms with Crippen LogP contribution >= 0.6 is 0 Å². The van der Waals surface area contributed by atoms with E-state index in [2.05, 4.69) is 73.7 Å². The molecule has 5 aliphatic rings. The lowest BCUT2D eigenvalue weighted by Crippen LogP contribution is -2.65. The van der Waals surface area contributed by atoms with E-state index in [1.807, 2.05) is 0 Å². The molecule has 0 radical (unpaired) electrons. The monoisotopic (exact) mass is 585 g/mol. The highest BCUT2D eigenvalue weighted by atomic mass is 16.5. The fourth-order valence-electron chi connectivity index (χ4n) is 12.0. The maximum Gasteiger partial charge on any atom is 0.312 e. The van der Waals surface area contributed by atoms with E-state index in [1.165, 1.54) is 19.3 Å². The SMILES string of the molecule is COC(=O)[C@]12CC[C@@H](C)[C@H](C)[C@H]1C1=CCC3[C@@]4(C)CC[C@H](OCC(O)CNC(C)C)C(C)(C)C4CC[C@@]3(C)[C@]1(C)CC2. The minimum Gasteiger partial charge on any atom is -0.469 e. The fourth-order valence-corrected chi connectivity index (χ4v) is 12.0. The Hall–Kier alpha value is -0.910. The molecule has 0 aromatic carbocycles. The van der Waals surface area contributed by atoms with E-state index in [0.29, 0.717) is 48.8 Å². The van der Waals surface area contributed by atoms with Crippen LogP contribution in [-0.4, -0.2) is 49.6 Å². The summed E-state index contributed by atoms with van der Waals surface area (Å²) in [5.41, 5.74) is 1.91. The second kappa shape index (κ2) is 11.2.